The molecule has 0 N–H and O–H groups in total. The summed E-state index contributed by atoms with van der Waals surface area (Å²) in [6.45, 7) is 12.5. The molecule has 4 nitrogen and oxygen atoms in total. The van der Waals surface area contributed by atoms with Gasteiger partial charge in [0.15, 0.2) is 0 Å². The Balaban J connectivity index is 1.40. The number of nitrogens with zero attached hydrogens (tertiary/aromatic N) is 3. The van der Waals surface area contributed by atoms with E-state index in [2.05, 4.69) is 79.3 Å². The lowest BCUT2D eigenvalue weighted by Crippen LogP contribution is -2.27. The molecule has 4 heteroatoms. The zero-order chi connectivity index (χ0) is 26.5. The number of hydrogen-bond acceptors (Lipinski definition) is 4. The molecule has 5 aromatic rings. The fourth-order valence-corrected chi connectivity index (χ4v) is 6.04. The van der Waals surface area contributed by atoms with Crippen molar-refractivity contribution in [2.45, 2.75) is 24.8 Å². The molecular formula is C35H27N3O. The van der Waals surface area contributed by atoms with Crippen LogP contribution in [0.4, 0.5) is 0 Å². The lowest BCUT2D eigenvalue weighted by atomic mass is 9.79. The van der Waals surface area contributed by atoms with E-state index in [-0.39, 0.29) is 12.0 Å². The summed E-state index contributed by atoms with van der Waals surface area (Å²) in [6, 6.07) is 25.1. The first-order chi connectivity index (χ1) is 19.1. The van der Waals surface area contributed by atoms with Crippen LogP contribution in [0.3, 0.4) is 0 Å². The predicted molar refractivity (Wildman–Crippen MR) is 161 cm³/mol. The Hall–Kier alpha value is -4.83. The van der Waals surface area contributed by atoms with Crippen LogP contribution in [0.15, 0.2) is 131 Å². The molecular weight excluding hydrogens is 478 g/mol. The van der Waals surface area contributed by atoms with Gasteiger partial charge in [-0.1, -0.05) is 74.3 Å². The summed E-state index contributed by atoms with van der Waals surface area (Å²) in [5.41, 5.74) is 10.7. The van der Waals surface area contributed by atoms with Crippen LogP contribution < -0.4 is 0 Å². The van der Waals surface area contributed by atoms with Crippen molar-refractivity contribution in [1.82, 2.24) is 4.98 Å². The Kier molecular flexibility index (Phi) is 5.48. The fraction of sp³-hybridized carbons (Fsp3) is 0.114. The van der Waals surface area contributed by atoms with Crippen molar-refractivity contribution in [3.63, 3.8) is 0 Å². The number of aliphatic imine (C=N–C) groups is 2. The Morgan fingerprint density at radius 2 is 1.62 bits per heavy atom. The number of furan rings is 1. The van der Waals surface area contributed by atoms with Crippen molar-refractivity contribution in [2.24, 2.45) is 9.98 Å². The van der Waals surface area contributed by atoms with Gasteiger partial charge in [0.1, 0.15) is 5.58 Å². The second-order valence-electron chi connectivity index (χ2n) is 10.1. The number of aryl methyl sites for hydroxylation is 1. The van der Waals surface area contributed by atoms with Gasteiger partial charge in [0, 0.05) is 39.6 Å². The van der Waals surface area contributed by atoms with E-state index in [9.17, 15) is 0 Å². The Bertz CT molecular complexity index is 1870. The molecule has 2 unspecified atom stereocenters. The summed E-state index contributed by atoms with van der Waals surface area (Å²) < 4.78 is 6.27. The number of fused-ring (bicyclic) bond motifs is 7. The molecule has 0 fully saturated rings. The van der Waals surface area contributed by atoms with Crippen molar-refractivity contribution < 1.29 is 4.42 Å². The summed E-state index contributed by atoms with van der Waals surface area (Å²) in [7, 11) is 0. The molecule has 7 rings (SSSR count). The lowest BCUT2D eigenvalue weighted by molar-refractivity contribution is 0.540. The first-order valence-electron chi connectivity index (χ1n) is 13.2. The van der Waals surface area contributed by atoms with Crippen LogP contribution in [0, 0.1) is 0 Å². The molecule has 188 valence electrons. The van der Waals surface area contributed by atoms with Gasteiger partial charge in [-0.2, -0.15) is 0 Å². The van der Waals surface area contributed by atoms with Gasteiger partial charge in [0.05, 0.1) is 23.2 Å². The van der Waals surface area contributed by atoms with E-state index >= 15 is 0 Å². The highest BCUT2D eigenvalue weighted by Crippen LogP contribution is 2.40. The number of aromatic nitrogens is 1. The molecule has 0 amide bonds. The van der Waals surface area contributed by atoms with E-state index in [0.717, 1.165) is 68.6 Å². The van der Waals surface area contributed by atoms with Gasteiger partial charge in [0.25, 0.3) is 0 Å². The summed E-state index contributed by atoms with van der Waals surface area (Å²) in [5.74, 6) is 0.166. The SMILES string of the molecule is C=CC1=NC(=C)C2N=C(C=C)c3ccccc3C2CCc2cc3oc4ncc(-c5ccccc5)cc4c3cc21. The van der Waals surface area contributed by atoms with Crippen molar-refractivity contribution >= 4 is 33.5 Å². The van der Waals surface area contributed by atoms with Crippen LogP contribution in [0.25, 0.3) is 33.2 Å². The maximum atomic E-state index is 6.27. The monoisotopic (exact) mass is 505 g/mol. The van der Waals surface area contributed by atoms with E-state index in [1.165, 1.54) is 11.1 Å². The zero-order valence-electron chi connectivity index (χ0n) is 21.6. The molecule has 2 aliphatic heterocycles. The van der Waals surface area contributed by atoms with E-state index in [1.807, 2.05) is 36.5 Å². The Morgan fingerprint density at radius 3 is 2.44 bits per heavy atom. The summed E-state index contributed by atoms with van der Waals surface area (Å²) in [6.07, 6.45) is 7.28. The van der Waals surface area contributed by atoms with Crippen LogP contribution in [0.5, 0.6) is 0 Å². The molecule has 0 radical (unpaired) electrons. The van der Waals surface area contributed by atoms with Gasteiger partial charge in [-0.15, -0.1) is 0 Å². The highest BCUT2D eigenvalue weighted by molar-refractivity contribution is 6.15. The molecule has 2 atom stereocenters. The minimum absolute atomic E-state index is 0.154. The molecule has 0 aliphatic carbocycles. The standard InChI is InChI=1S/C35H27N3O/c1-4-31-26-14-10-9-13-25(26)27-16-15-23-18-33-29(19-28(23)32(5-2)37-21(3)34(27)38-31)30-17-24(20-36-35(30)39-33)22-11-7-6-8-12-22/h4-14,17-20,27,34H,1-3,15-16H2. The van der Waals surface area contributed by atoms with Crippen LogP contribution in [0.2, 0.25) is 0 Å². The third-order valence-corrected chi connectivity index (χ3v) is 7.95. The third kappa shape index (κ3) is 3.79. The Morgan fingerprint density at radius 1 is 0.821 bits per heavy atom. The first kappa shape index (κ1) is 23.3. The first-order valence-corrected chi connectivity index (χ1v) is 13.2. The zero-order valence-corrected chi connectivity index (χ0v) is 21.6. The van der Waals surface area contributed by atoms with Gasteiger partial charge >= 0.3 is 0 Å². The molecule has 4 heterocycles. The quantitative estimate of drug-likeness (QED) is 0.248. The molecule has 0 saturated heterocycles. The van der Waals surface area contributed by atoms with Crippen molar-refractivity contribution in [2.75, 3.05) is 0 Å². The summed E-state index contributed by atoms with van der Waals surface area (Å²) in [5, 5.41) is 2.00. The fourth-order valence-electron chi connectivity index (χ4n) is 6.04. The number of allylic oxidation sites excluding steroid dienone is 2. The molecule has 2 aliphatic rings. The van der Waals surface area contributed by atoms with E-state index in [1.54, 1.807) is 0 Å². The molecule has 0 bridgehead atoms. The molecule has 0 spiro atoms. The van der Waals surface area contributed by atoms with Gasteiger partial charge in [-0.25, -0.2) is 4.98 Å². The van der Waals surface area contributed by atoms with Crippen LogP contribution >= 0.6 is 0 Å². The third-order valence-electron chi connectivity index (χ3n) is 7.95. The second kappa shape index (κ2) is 9.17. The van der Waals surface area contributed by atoms with Crippen LogP contribution in [0.1, 0.15) is 34.6 Å². The van der Waals surface area contributed by atoms with Gasteiger partial charge in [-0.3, -0.25) is 9.98 Å². The van der Waals surface area contributed by atoms with Gasteiger partial charge in [0.2, 0.25) is 5.71 Å². The van der Waals surface area contributed by atoms with Crippen molar-refractivity contribution in [3.05, 3.63) is 139 Å². The number of pyridine rings is 1. The number of hydrogen-bond donors (Lipinski definition) is 0. The van der Waals surface area contributed by atoms with Gasteiger partial charge in [-0.05, 0) is 59.9 Å². The summed E-state index contributed by atoms with van der Waals surface area (Å²) >= 11 is 0. The van der Waals surface area contributed by atoms with E-state index < -0.39 is 0 Å². The van der Waals surface area contributed by atoms with E-state index in [4.69, 9.17) is 14.4 Å². The minimum atomic E-state index is -0.154. The van der Waals surface area contributed by atoms with Crippen LogP contribution in [-0.2, 0) is 6.42 Å². The molecule has 2 aromatic heterocycles. The number of benzene rings is 3. The molecule has 0 saturated carbocycles. The highest BCUT2D eigenvalue weighted by Gasteiger charge is 2.33. The highest BCUT2D eigenvalue weighted by atomic mass is 16.3. The van der Waals surface area contributed by atoms with Gasteiger partial charge < -0.3 is 4.42 Å². The normalized spacial score (nSPS) is 18.6. The Labute approximate surface area is 227 Å². The second-order valence-corrected chi connectivity index (χ2v) is 10.1. The largest absolute Gasteiger partial charge is 0.438 e. The van der Waals surface area contributed by atoms with Crippen molar-refractivity contribution in [1.29, 1.82) is 0 Å². The smallest absolute Gasteiger partial charge is 0.227 e. The maximum absolute atomic E-state index is 6.27. The lowest BCUT2D eigenvalue weighted by Gasteiger charge is -2.31. The molecule has 3 aromatic carbocycles. The van der Waals surface area contributed by atoms with Crippen molar-refractivity contribution in [3.8, 4) is 11.1 Å². The summed E-state index contributed by atoms with van der Waals surface area (Å²) in [4.78, 5) is 14.8. The topological polar surface area (TPSA) is 50.8 Å². The maximum Gasteiger partial charge on any atom is 0.227 e. The van der Waals surface area contributed by atoms with E-state index in [0.29, 0.717) is 5.71 Å². The average Bonchev–Trinajstić information content (AvgIpc) is 3.36. The molecule has 39 heavy (non-hydrogen) atoms. The number of rotatable bonds is 3. The minimum Gasteiger partial charge on any atom is -0.438 e. The predicted octanol–water partition coefficient (Wildman–Crippen LogP) is 8.22. The average molecular weight is 506 g/mol. The van der Waals surface area contributed by atoms with Crippen LogP contribution in [-0.4, -0.2) is 22.4 Å².